The minimum atomic E-state index is -1.22. The summed E-state index contributed by atoms with van der Waals surface area (Å²) in [7, 11) is 0. The van der Waals surface area contributed by atoms with Gasteiger partial charge in [-0.15, -0.1) is 0 Å². The second-order valence-corrected chi connectivity index (χ2v) is 4.19. The molecule has 2 rings (SSSR count). The lowest BCUT2D eigenvalue weighted by Crippen LogP contribution is -2.26. The van der Waals surface area contributed by atoms with Gasteiger partial charge in [0.15, 0.2) is 11.2 Å². The largest absolute Gasteiger partial charge is 0.476 e. The Balaban J connectivity index is 2.43. The third-order valence-electron chi connectivity index (χ3n) is 2.82. The van der Waals surface area contributed by atoms with Crippen molar-refractivity contribution in [3.8, 4) is 0 Å². The summed E-state index contributed by atoms with van der Waals surface area (Å²) in [4.78, 5) is 23.4. The van der Waals surface area contributed by atoms with Crippen molar-refractivity contribution in [2.24, 2.45) is 0 Å². The molecule has 8 heteroatoms. The third kappa shape index (κ3) is 2.55. The maximum absolute atomic E-state index is 12.1. The van der Waals surface area contributed by atoms with Crippen LogP contribution in [-0.4, -0.2) is 39.2 Å². The molecule has 2 aromatic rings. The molecule has 0 atom stereocenters. The normalized spacial score (nSPS) is 11.1. The molecule has 0 saturated heterocycles. The number of aromatic nitrogens is 3. The quantitative estimate of drug-likeness (QED) is 0.781. The van der Waals surface area contributed by atoms with Crippen LogP contribution in [-0.2, 0) is 11.3 Å². The Labute approximate surface area is 113 Å². The maximum atomic E-state index is 12.1. The van der Waals surface area contributed by atoms with Gasteiger partial charge in [0.25, 0.3) is 5.56 Å². The molecule has 0 amide bonds. The number of nitrogens with zero attached hydrogens (tertiary/aromatic N) is 3. The van der Waals surface area contributed by atoms with E-state index < -0.39 is 11.5 Å². The summed E-state index contributed by atoms with van der Waals surface area (Å²) in [6.07, 6.45) is 0.558. The highest BCUT2D eigenvalue weighted by molar-refractivity contribution is 6.00. The van der Waals surface area contributed by atoms with E-state index in [1.807, 2.05) is 6.92 Å². The molecule has 0 aliphatic heterocycles. The summed E-state index contributed by atoms with van der Waals surface area (Å²) in [5.41, 5.74) is -0.695. The first-order valence-corrected chi connectivity index (χ1v) is 6.24. The van der Waals surface area contributed by atoms with Crippen molar-refractivity contribution in [1.29, 1.82) is 0 Å². The molecule has 2 aromatic heterocycles. The van der Waals surface area contributed by atoms with E-state index >= 15 is 0 Å². The highest BCUT2D eigenvalue weighted by Crippen LogP contribution is 2.17. The Bertz CT molecular complexity index is 688. The van der Waals surface area contributed by atoms with Crippen molar-refractivity contribution in [3.05, 3.63) is 21.8 Å². The fraction of sp³-hybridized carbons (Fsp3) is 0.500. The lowest BCUT2D eigenvalue weighted by molar-refractivity contribution is 0.0689. The fourth-order valence-corrected chi connectivity index (χ4v) is 1.90. The summed E-state index contributed by atoms with van der Waals surface area (Å²) < 4.78 is 11.2. The maximum Gasteiger partial charge on any atom is 0.357 e. The molecule has 0 aliphatic carbocycles. The summed E-state index contributed by atoms with van der Waals surface area (Å²) in [5.74, 6) is -0.955. The third-order valence-corrected chi connectivity index (χ3v) is 2.82. The Morgan fingerprint density at radius 1 is 1.50 bits per heavy atom. The van der Waals surface area contributed by atoms with Crippen LogP contribution in [0.3, 0.4) is 0 Å². The number of fused-ring (bicyclic) bond motifs is 1. The lowest BCUT2D eigenvalue weighted by Gasteiger charge is -2.06. The van der Waals surface area contributed by atoms with E-state index in [-0.39, 0.29) is 28.9 Å². The molecule has 0 bridgehead atoms. The van der Waals surface area contributed by atoms with Crippen molar-refractivity contribution >= 4 is 16.9 Å². The van der Waals surface area contributed by atoms with Gasteiger partial charge >= 0.3 is 5.97 Å². The topological polar surface area (TPSA) is 107 Å². The second kappa shape index (κ2) is 5.83. The molecular weight excluding hydrogens is 266 g/mol. The van der Waals surface area contributed by atoms with Crippen molar-refractivity contribution < 1.29 is 19.2 Å². The van der Waals surface area contributed by atoms with E-state index in [1.54, 1.807) is 6.92 Å². The highest BCUT2D eigenvalue weighted by Gasteiger charge is 2.21. The zero-order valence-electron chi connectivity index (χ0n) is 11.3. The number of hydrogen-bond acceptors (Lipinski definition) is 6. The average molecular weight is 281 g/mol. The smallest absolute Gasteiger partial charge is 0.357 e. The second-order valence-electron chi connectivity index (χ2n) is 4.19. The molecule has 20 heavy (non-hydrogen) atoms. The van der Waals surface area contributed by atoms with Crippen molar-refractivity contribution in [2.75, 3.05) is 13.2 Å². The van der Waals surface area contributed by atoms with Gasteiger partial charge in [0.2, 0.25) is 0 Å². The number of aromatic carboxylic acids is 1. The lowest BCUT2D eigenvalue weighted by atomic mass is 10.2. The number of rotatable bonds is 6. The van der Waals surface area contributed by atoms with E-state index in [2.05, 4.69) is 10.3 Å². The predicted octanol–water partition coefficient (Wildman–Crippen LogP) is 0.818. The molecular formula is C12H15N3O5. The van der Waals surface area contributed by atoms with Crippen molar-refractivity contribution in [3.63, 3.8) is 0 Å². The van der Waals surface area contributed by atoms with Gasteiger partial charge in [-0.25, -0.2) is 9.48 Å². The van der Waals surface area contributed by atoms with Gasteiger partial charge in [0.1, 0.15) is 5.76 Å². The zero-order valence-corrected chi connectivity index (χ0v) is 11.3. The summed E-state index contributed by atoms with van der Waals surface area (Å²) in [5, 5.41) is 16.8. The predicted molar refractivity (Wildman–Crippen MR) is 68.9 cm³/mol. The van der Waals surface area contributed by atoms with Gasteiger partial charge in [-0.2, -0.15) is 5.10 Å². The SMILES string of the molecule is CCOCCCn1nc(C(=O)O)c2c(C)onc2c1=O. The number of carboxylic acid groups (broad SMARTS) is 1. The highest BCUT2D eigenvalue weighted by atomic mass is 16.5. The molecule has 2 heterocycles. The van der Waals surface area contributed by atoms with Gasteiger partial charge in [-0.05, 0) is 20.3 Å². The summed E-state index contributed by atoms with van der Waals surface area (Å²) in [6.45, 7) is 4.74. The molecule has 0 fully saturated rings. The van der Waals surface area contributed by atoms with Crippen LogP contribution in [0.5, 0.6) is 0 Å². The Hall–Kier alpha value is -2.22. The average Bonchev–Trinajstić information content (AvgIpc) is 2.79. The Morgan fingerprint density at radius 3 is 2.90 bits per heavy atom. The van der Waals surface area contributed by atoms with Gasteiger partial charge < -0.3 is 14.4 Å². The van der Waals surface area contributed by atoms with E-state index in [9.17, 15) is 14.7 Å². The molecule has 1 N–H and O–H groups in total. The number of ether oxygens (including phenoxy) is 1. The van der Waals surface area contributed by atoms with Gasteiger partial charge in [0, 0.05) is 19.8 Å². The summed E-state index contributed by atoms with van der Waals surface area (Å²) in [6, 6.07) is 0. The van der Waals surface area contributed by atoms with Crippen LogP contribution < -0.4 is 5.56 Å². The van der Waals surface area contributed by atoms with Crippen LogP contribution in [0, 0.1) is 6.92 Å². The summed E-state index contributed by atoms with van der Waals surface area (Å²) >= 11 is 0. The molecule has 0 spiro atoms. The first-order chi connectivity index (χ1) is 9.56. The molecule has 0 aromatic carbocycles. The van der Waals surface area contributed by atoms with Crippen molar-refractivity contribution in [1.82, 2.24) is 14.9 Å². The number of aryl methyl sites for hydroxylation is 2. The number of carboxylic acids is 1. The van der Waals surface area contributed by atoms with Crippen molar-refractivity contribution in [2.45, 2.75) is 26.8 Å². The molecule has 0 aliphatic rings. The molecule has 0 radical (unpaired) electrons. The van der Waals surface area contributed by atoms with Gasteiger partial charge in [0.05, 0.1) is 5.39 Å². The van der Waals surface area contributed by atoms with Crippen LogP contribution in [0.15, 0.2) is 9.32 Å². The fourth-order valence-electron chi connectivity index (χ4n) is 1.90. The van der Waals surface area contributed by atoms with Crippen LogP contribution in [0.25, 0.3) is 10.9 Å². The molecule has 8 nitrogen and oxygen atoms in total. The van der Waals surface area contributed by atoms with Crippen LogP contribution in [0.4, 0.5) is 0 Å². The first-order valence-electron chi connectivity index (χ1n) is 6.24. The van der Waals surface area contributed by atoms with Gasteiger partial charge in [-0.3, -0.25) is 4.79 Å². The van der Waals surface area contributed by atoms with E-state index in [4.69, 9.17) is 9.26 Å². The van der Waals surface area contributed by atoms with Crippen LogP contribution in [0.2, 0.25) is 0 Å². The Morgan fingerprint density at radius 2 is 2.25 bits per heavy atom. The minimum absolute atomic E-state index is 0.00805. The number of carbonyl (C=O) groups is 1. The molecule has 0 unspecified atom stereocenters. The minimum Gasteiger partial charge on any atom is -0.476 e. The monoisotopic (exact) mass is 281 g/mol. The standard InChI is InChI=1S/C12H15N3O5/c1-3-19-6-4-5-15-11(16)9-8(7(2)20-14-9)10(13-15)12(17)18/h3-6H2,1-2H3,(H,17,18). The van der Waals surface area contributed by atoms with Crippen LogP contribution >= 0.6 is 0 Å². The van der Waals surface area contributed by atoms with Gasteiger partial charge in [-0.1, -0.05) is 5.16 Å². The van der Waals surface area contributed by atoms with Crippen LogP contribution in [0.1, 0.15) is 29.6 Å². The first kappa shape index (κ1) is 14.2. The van der Waals surface area contributed by atoms with E-state index in [0.29, 0.717) is 19.6 Å². The zero-order chi connectivity index (χ0) is 14.7. The number of hydrogen-bond donors (Lipinski definition) is 1. The molecule has 0 saturated carbocycles. The Kier molecular flexibility index (Phi) is 4.14. The van der Waals surface area contributed by atoms with E-state index in [1.165, 1.54) is 0 Å². The molecule has 108 valence electrons. The van der Waals surface area contributed by atoms with E-state index in [0.717, 1.165) is 4.68 Å².